The first-order valence-corrected chi connectivity index (χ1v) is 6.86. The minimum absolute atomic E-state index is 0.970. The Balaban J connectivity index is 1.80. The predicted molar refractivity (Wildman–Crippen MR) is 72.2 cm³/mol. The van der Waals surface area contributed by atoms with E-state index >= 15 is 0 Å². The van der Waals surface area contributed by atoms with Crippen molar-refractivity contribution in [2.75, 3.05) is 25.0 Å². The highest BCUT2D eigenvalue weighted by Crippen LogP contribution is 2.40. The Morgan fingerprint density at radius 2 is 1.88 bits per heavy atom. The van der Waals surface area contributed by atoms with Crippen LogP contribution in [0.4, 0.5) is 5.69 Å². The van der Waals surface area contributed by atoms with Crippen molar-refractivity contribution in [1.82, 2.24) is 5.32 Å². The third-order valence-electron chi connectivity index (χ3n) is 4.43. The van der Waals surface area contributed by atoms with Crippen LogP contribution in [0.2, 0.25) is 0 Å². The fourth-order valence-corrected chi connectivity index (χ4v) is 3.59. The molecule has 1 N–H and O–H groups in total. The maximum atomic E-state index is 3.27. The Kier molecular flexibility index (Phi) is 3.06. The van der Waals surface area contributed by atoms with Crippen molar-refractivity contribution in [2.24, 2.45) is 11.8 Å². The highest BCUT2D eigenvalue weighted by Gasteiger charge is 2.36. The van der Waals surface area contributed by atoms with E-state index in [0.29, 0.717) is 0 Å². The normalized spacial score (nSPS) is 27.5. The molecule has 17 heavy (non-hydrogen) atoms. The second kappa shape index (κ2) is 4.69. The van der Waals surface area contributed by atoms with Crippen molar-refractivity contribution >= 4 is 5.69 Å². The quantitative estimate of drug-likeness (QED) is 0.858. The molecule has 1 saturated heterocycles. The smallest absolute Gasteiger partial charge is 0.0412 e. The van der Waals surface area contributed by atoms with Crippen molar-refractivity contribution in [2.45, 2.75) is 25.8 Å². The highest BCUT2D eigenvalue weighted by molar-refractivity contribution is 5.54. The Morgan fingerprint density at radius 3 is 2.59 bits per heavy atom. The summed E-state index contributed by atoms with van der Waals surface area (Å²) < 4.78 is 0. The van der Waals surface area contributed by atoms with Gasteiger partial charge >= 0.3 is 0 Å². The van der Waals surface area contributed by atoms with Gasteiger partial charge in [0.15, 0.2) is 0 Å². The molecular weight excluding hydrogens is 208 g/mol. The van der Waals surface area contributed by atoms with Crippen molar-refractivity contribution < 1.29 is 0 Å². The molecule has 0 aromatic heterocycles. The molecule has 0 bridgehead atoms. The van der Waals surface area contributed by atoms with Crippen LogP contribution in [0.3, 0.4) is 0 Å². The molecule has 1 aliphatic heterocycles. The Morgan fingerprint density at radius 1 is 1.18 bits per heavy atom. The SMILES string of the molecule is CNCc1ccccc1N1CC2CCCC2C1. The third-order valence-corrected chi connectivity index (χ3v) is 4.43. The molecule has 2 unspecified atom stereocenters. The molecule has 0 spiro atoms. The van der Waals surface area contributed by atoms with Crippen LogP contribution in [0.15, 0.2) is 24.3 Å². The average molecular weight is 230 g/mol. The third kappa shape index (κ3) is 2.06. The maximum absolute atomic E-state index is 3.27. The Bertz CT molecular complexity index is 376. The van der Waals surface area contributed by atoms with E-state index in [1.807, 2.05) is 7.05 Å². The molecule has 2 heteroatoms. The van der Waals surface area contributed by atoms with Gasteiger partial charge in [0.05, 0.1) is 0 Å². The maximum Gasteiger partial charge on any atom is 0.0412 e. The highest BCUT2D eigenvalue weighted by atomic mass is 15.2. The van der Waals surface area contributed by atoms with E-state index in [-0.39, 0.29) is 0 Å². The van der Waals surface area contributed by atoms with Crippen LogP contribution >= 0.6 is 0 Å². The number of benzene rings is 1. The van der Waals surface area contributed by atoms with Crippen LogP contribution in [0, 0.1) is 11.8 Å². The van der Waals surface area contributed by atoms with Crippen LogP contribution < -0.4 is 10.2 Å². The zero-order valence-electron chi connectivity index (χ0n) is 10.7. The van der Waals surface area contributed by atoms with E-state index in [1.54, 1.807) is 0 Å². The molecule has 92 valence electrons. The van der Waals surface area contributed by atoms with E-state index in [1.165, 1.54) is 43.6 Å². The lowest BCUT2D eigenvalue weighted by molar-refractivity contribution is 0.494. The molecule has 3 rings (SSSR count). The van der Waals surface area contributed by atoms with Gasteiger partial charge in [-0.3, -0.25) is 0 Å². The van der Waals surface area contributed by atoms with E-state index in [4.69, 9.17) is 0 Å². The summed E-state index contributed by atoms with van der Waals surface area (Å²) in [7, 11) is 2.02. The van der Waals surface area contributed by atoms with Crippen molar-refractivity contribution in [1.29, 1.82) is 0 Å². The van der Waals surface area contributed by atoms with E-state index in [9.17, 15) is 0 Å². The summed E-state index contributed by atoms with van der Waals surface area (Å²) >= 11 is 0. The van der Waals surface area contributed by atoms with Crippen LogP contribution in [-0.2, 0) is 6.54 Å². The number of anilines is 1. The number of hydrogen-bond acceptors (Lipinski definition) is 2. The minimum Gasteiger partial charge on any atom is -0.371 e. The van der Waals surface area contributed by atoms with Gasteiger partial charge < -0.3 is 10.2 Å². The fraction of sp³-hybridized carbons (Fsp3) is 0.600. The van der Waals surface area contributed by atoms with Gasteiger partial charge in [0.2, 0.25) is 0 Å². The second-order valence-corrected chi connectivity index (χ2v) is 5.52. The van der Waals surface area contributed by atoms with E-state index < -0.39 is 0 Å². The summed E-state index contributed by atoms with van der Waals surface area (Å²) in [6.45, 7) is 3.54. The van der Waals surface area contributed by atoms with E-state index in [2.05, 4.69) is 34.5 Å². The lowest BCUT2D eigenvalue weighted by Gasteiger charge is -2.22. The molecule has 0 radical (unpaired) electrons. The molecule has 2 fully saturated rings. The van der Waals surface area contributed by atoms with Gasteiger partial charge in [-0.05, 0) is 43.4 Å². The largest absolute Gasteiger partial charge is 0.371 e. The molecule has 2 nitrogen and oxygen atoms in total. The molecular formula is C15H22N2. The first-order chi connectivity index (χ1) is 8.38. The van der Waals surface area contributed by atoms with Gasteiger partial charge in [0.1, 0.15) is 0 Å². The topological polar surface area (TPSA) is 15.3 Å². The average Bonchev–Trinajstić information content (AvgIpc) is 2.90. The number of nitrogens with one attached hydrogen (secondary N) is 1. The van der Waals surface area contributed by atoms with Gasteiger partial charge in [-0.25, -0.2) is 0 Å². The zero-order chi connectivity index (χ0) is 11.7. The molecule has 1 saturated carbocycles. The van der Waals surface area contributed by atoms with Crippen molar-refractivity contribution in [3.8, 4) is 0 Å². The van der Waals surface area contributed by atoms with Crippen molar-refractivity contribution in [3.63, 3.8) is 0 Å². The van der Waals surface area contributed by atoms with Crippen LogP contribution in [-0.4, -0.2) is 20.1 Å². The molecule has 1 aliphatic carbocycles. The van der Waals surface area contributed by atoms with Crippen molar-refractivity contribution in [3.05, 3.63) is 29.8 Å². The lowest BCUT2D eigenvalue weighted by atomic mass is 10.0. The molecule has 1 aromatic rings. The summed E-state index contributed by atoms with van der Waals surface area (Å²) in [6.07, 6.45) is 4.37. The van der Waals surface area contributed by atoms with Crippen LogP contribution in [0.5, 0.6) is 0 Å². The minimum atomic E-state index is 0.970. The zero-order valence-corrected chi connectivity index (χ0v) is 10.7. The van der Waals surface area contributed by atoms with Gasteiger partial charge in [-0.1, -0.05) is 24.6 Å². The lowest BCUT2D eigenvalue weighted by Crippen LogP contribution is -2.23. The predicted octanol–water partition coefficient (Wildman–Crippen LogP) is 2.64. The molecule has 0 amide bonds. The number of para-hydroxylation sites is 1. The summed E-state index contributed by atoms with van der Waals surface area (Å²) in [4.78, 5) is 2.61. The molecule has 1 aromatic carbocycles. The van der Waals surface area contributed by atoms with Crippen LogP contribution in [0.1, 0.15) is 24.8 Å². The number of hydrogen-bond donors (Lipinski definition) is 1. The summed E-state index contributed by atoms with van der Waals surface area (Å²) in [5.74, 6) is 1.94. The molecule has 2 aliphatic rings. The number of fused-ring (bicyclic) bond motifs is 1. The number of rotatable bonds is 3. The first-order valence-electron chi connectivity index (χ1n) is 6.86. The summed E-state index contributed by atoms with van der Waals surface area (Å²) in [6, 6.07) is 8.85. The van der Waals surface area contributed by atoms with Gasteiger partial charge in [0.25, 0.3) is 0 Å². The second-order valence-electron chi connectivity index (χ2n) is 5.52. The monoisotopic (exact) mass is 230 g/mol. The first kappa shape index (κ1) is 11.1. The summed E-state index contributed by atoms with van der Waals surface area (Å²) in [5, 5.41) is 3.27. The molecule has 2 atom stereocenters. The van der Waals surface area contributed by atoms with Gasteiger partial charge in [0, 0.05) is 25.3 Å². The van der Waals surface area contributed by atoms with Gasteiger partial charge in [-0.2, -0.15) is 0 Å². The Hall–Kier alpha value is -1.02. The van der Waals surface area contributed by atoms with E-state index in [0.717, 1.165) is 18.4 Å². The number of nitrogens with zero attached hydrogens (tertiary/aromatic N) is 1. The standard InChI is InChI=1S/C15H22N2/c1-16-9-12-5-2-3-8-15(12)17-10-13-6-4-7-14(13)11-17/h2-3,5,8,13-14,16H,4,6-7,9-11H2,1H3. The molecule has 1 heterocycles. The van der Waals surface area contributed by atoms with Crippen LogP contribution in [0.25, 0.3) is 0 Å². The Labute approximate surface area is 104 Å². The summed E-state index contributed by atoms with van der Waals surface area (Å²) in [5.41, 5.74) is 2.89. The fourth-order valence-electron chi connectivity index (χ4n) is 3.59. The van der Waals surface area contributed by atoms with Gasteiger partial charge in [-0.15, -0.1) is 0 Å².